The third-order valence-corrected chi connectivity index (χ3v) is 4.52. The van der Waals surface area contributed by atoms with E-state index in [4.69, 9.17) is 8.17 Å². The van der Waals surface area contributed by atoms with Crippen molar-refractivity contribution < 1.29 is 8.17 Å². The van der Waals surface area contributed by atoms with Crippen LogP contribution in [0, 0.1) is 5.41 Å². The first-order valence-corrected chi connectivity index (χ1v) is 4.69. The SMILES string of the molecule is CC(C)(CO)C(I)OI. The molecule has 0 amide bonds. The van der Waals surface area contributed by atoms with Crippen molar-refractivity contribution in [2.45, 2.75) is 18.0 Å². The van der Waals surface area contributed by atoms with Crippen molar-refractivity contribution in [1.29, 1.82) is 0 Å². The van der Waals surface area contributed by atoms with Crippen molar-refractivity contribution in [2.24, 2.45) is 5.41 Å². The number of halogens is 2. The normalized spacial score (nSPS) is 15.7. The Labute approximate surface area is 83.2 Å². The highest BCUT2D eigenvalue weighted by Gasteiger charge is 2.26. The average molecular weight is 356 g/mol. The summed E-state index contributed by atoms with van der Waals surface area (Å²) in [6.45, 7) is 4.08. The van der Waals surface area contributed by atoms with Crippen LogP contribution >= 0.6 is 45.6 Å². The van der Waals surface area contributed by atoms with E-state index in [1.54, 1.807) is 0 Å². The largest absolute Gasteiger partial charge is 0.396 e. The van der Waals surface area contributed by atoms with Gasteiger partial charge < -0.3 is 8.17 Å². The predicted octanol–water partition coefficient (Wildman–Crippen LogP) is 2.13. The molecule has 0 aliphatic carbocycles. The van der Waals surface area contributed by atoms with Gasteiger partial charge in [-0.3, -0.25) is 0 Å². The minimum atomic E-state index is -0.137. The lowest BCUT2D eigenvalue weighted by Crippen LogP contribution is -2.28. The highest BCUT2D eigenvalue weighted by molar-refractivity contribution is 14.1. The van der Waals surface area contributed by atoms with Crippen molar-refractivity contribution in [3.8, 4) is 0 Å². The summed E-state index contributed by atoms with van der Waals surface area (Å²) in [5.74, 6) is 0. The minimum absolute atomic E-state index is 0.0701. The van der Waals surface area contributed by atoms with E-state index in [0.717, 1.165) is 0 Å². The molecule has 0 saturated heterocycles. The van der Waals surface area contributed by atoms with Gasteiger partial charge in [0.05, 0.1) is 6.61 Å². The van der Waals surface area contributed by atoms with E-state index in [0.29, 0.717) is 0 Å². The Morgan fingerprint density at radius 1 is 1.67 bits per heavy atom. The molecule has 4 heteroatoms. The molecule has 0 rings (SSSR count). The maximum atomic E-state index is 8.81. The van der Waals surface area contributed by atoms with Gasteiger partial charge >= 0.3 is 0 Å². The van der Waals surface area contributed by atoms with Crippen molar-refractivity contribution in [3.63, 3.8) is 0 Å². The molecule has 0 aliphatic rings. The molecule has 0 bridgehead atoms. The topological polar surface area (TPSA) is 29.5 Å². The molecule has 0 aromatic carbocycles. The summed E-state index contributed by atoms with van der Waals surface area (Å²) in [6.07, 6.45) is 0. The van der Waals surface area contributed by atoms with Crippen LogP contribution in [0.5, 0.6) is 0 Å². The van der Waals surface area contributed by atoms with Crippen LogP contribution in [0.25, 0.3) is 0 Å². The van der Waals surface area contributed by atoms with Crippen LogP contribution in [-0.2, 0) is 3.07 Å². The van der Waals surface area contributed by atoms with Crippen LogP contribution in [0.15, 0.2) is 0 Å². The lowest BCUT2D eigenvalue weighted by molar-refractivity contribution is 0.108. The smallest absolute Gasteiger partial charge is 0.128 e. The van der Waals surface area contributed by atoms with Gasteiger partial charge in [-0.2, -0.15) is 0 Å². The molecule has 1 unspecified atom stereocenters. The summed E-state index contributed by atoms with van der Waals surface area (Å²) in [7, 11) is 0. The van der Waals surface area contributed by atoms with Crippen molar-refractivity contribution in [2.75, 3.05) is 6.61 Å². The maximum Gasteiger partial charge on any atom is 0.128 e. The minimum Gasteiger partial charge on any atom is -0.396 e. The van der Waals surface area contributed by atoms with E-state index in [1.807, 2.05) is 36.9 Å². The fourth-order valence-electron chi connectivity index (χ4n) is 0.192. The molecule has 0 saturated carbocycles. The van der Waals surface area contributed by atoms with Gasteiger partial charge in [-0.15, -0.1) is 0 Å². The zero-order valence-electron chi connectivity index (χ0n) is 5.40. The maximum absolute atomic E-state index is 8.81. The van der Waals surface area contributed by atoms with Gasteiger partial charge in [-0.25, -0.2) is 0 Å². The predicted molar refractivity (Wildman–Crippen MR) is 53.8 cm³/mol. The Morgan fingerprint density at radius 3 is 2.22 bits per heavy atom. The first-order valence-electron chi connectivity index (χ1n) is 2.57. The fourth-order valence-corrected chi connectivity index (χ4v) is 1.08. The Hall–Kier alpha value is 1.38. The van der Waals surface area contributed by atoms with Gasteiger partial charge in [0.25, 0.3) is 0 Å². The highest BCUT2D eigenvalue weighted by Crippen LogP contribution is 2.28. The van der Waals surface area contributed by atoms with E-state index in [1.165, 1.54) is 0 Å². The lowest BCUT2D eigenvalue weighted by Gasteiger charge is -2.25. The van der Waals surface area contributed by atoms with Crippen molar-refractivity contribution in [1.82, 2.24) is 0 Å². The second-order valence-electron chi connectivity index (χ2n) is 2.55. The van der Waals surface area contributed by atoms with E-state index >= 15 is 0 Å². The van der Waals surface area contributed by atoms with Crippen LogP contribution in [0.1, 0.15) is 13.8 Å². The summed E-state index contributed by atoms with van der Waals surface area (Å²) < 4.78 is 5.07. The molecule has 0 fully saturated rings. The van der Waals surface area contributed by atoms with Crippen LogP contribution in [-0.4, -0.2) is 15.8 Å². The molecule has 1 atom stereocenters. The van der Waals surface area contributed by atoms with Crippen LogP contribution < -0.4 is 0 Å². The van der Waals surface area contributed by atoms with E-state index in [9.17, 15) is 0 Å². The van der Waals surface area contributed by atoms with E-state index < -0.39 is 0 Å². The monoisotopic (exact) mass is 356 g/mol. The molecule has 0 heterocycles. The summed E-state index contributed by atoms with van der Waals surface area (Å²) in [6, 6.07) is 0. The second-order valence-corrected chi connectivity index (χ2v) is 4.19. The summed E-state index contributed by atoms with van der Waals surface area (Å²) in [5, 5.41) is 8.81. The molecule has 0 spiro atoms. The number of hydrogen-bond donors (Lipinski definition) is 1. The quantitative estimate of drug-likeness (QED) is 0.621. The third-order valence-electron chi connectivity index (χ3n) is 1.10. The molecule has 0 aromatic rings. The Balaban J connectivity index is 3.80. The Bertz CT molecular complexity index is 85.0. The van der Waals surface area contributed by atoms with Crippen LogP contribution in [0.3, 0.4) is 0 Å². The standard InChI is InChI=1S/C5H10I2O2/c1-5(2,3-8)4(6)9-7/h4,8H,3H2,1-2H3. The average Bonchev–Trinajstić information content (AvgIpc) is 1.86. The number of aliphatic hydroxyl groups is 1. The van der Waals surface area contributed by atoms with Gasteiger partial charge in [0, 0.05) is 5.41 Å². The number of hydrogen-bond acceptors (Lipinski definition) is 2. The first kappa shape index (κ1) is 10.4. The first-order chi connectivity index (χ1) is 4.04. The number of alkyl halides is 1. The second kappa shape index (κ2) is 4.30. The molecule has 0 aromatic heterocycles. The molecule has 2 nitrogen and oxygen atoms in total. The summed E-state index contributed by atoms with van der Waals surface area (Å²) in [4.78, 5) is 0. The van der Waals surface area contributed by atoms with Gasteiger partial charge in [0.2, 0.25) is 0 Å². The zero-order valence-corrected chi connectivity index (χ0v) is 9.71. The van der Waals surface area contributed by atoms with Crippen LogP contribution in [0.4, 0.5) is 0 Å². The summed E-state index contributed by atoms with van der Waals surface area (Å²) >= 11 is 4.00. The van der Waals surface area contributed by atoms with Gasteiger partial charge in [-0.1, -0.05) is 13.8 Å². The molecule has 1 N–H and O–H groups in total. The van der Waals surface area contributed by atoms with Gasteiger partial charge in [0.15, 0.2) is 0 Å². The molecule has 56 valence electrons. The molecular weight excluding hydrogens is 346 g/mol. The van der Waals surface area contributed by atoms with E-state index in [2.05, 4.69) is 22.6 Å². The molecular formula is C5H10I2O2. The highest BCUT2D eigenvalue weighted by atomic mass is 127. The lowest BCUT2D eigenvalue weighted by atomic mass is 9.97. The van der Waals surface area contributed by atoms with Gasteiger partial charge in [0.1, 0.15) is 27.1 Å². The Morgan fingerprint density at radius 2 is 2.11 bits per heavy atom. The molecule has 0 aliphatic heterocycles. The zero-order chi connectivity index (χ0) is 7.49. The number of rotatable bonds is 3. The Kier molecular flexibility index (Phi) is 4.96. The third kappa shape index (κ3) is 3.33. The fraction of sp³-hybridized carbons (Fsp3) is 1.00. The van der Waals surface area contributed by atoms with Gasteiger partial charge in [-0.05, 0) is 22.6 Å². The van der Waals surface area contributed by atoms with E-state index in [-0.39, 0.29) is 16.1 Å². The van der Waals surface area contributed by atoms with Crippen molar-refractivity contribution >= 4 is 45.6 Å². The molecule has 9 heavy (non-hydrogen) atoms. The summed E-state index contributed by atoms with van der Waals surface area (Å²) in [5.41, 5.74) is -0.137. The molecule has 0 radical (unpaired) electrons. The van der Waals surface area contributed by atoms with Crippen molar-refractivity contribution in [3.05, 3.63) is 0 Å². The number of aliphatic hydroxyl groups excluding tert-OH is 1. The van der Waals surface area contributed by atoms with Crippen LogP contribution in [0.2, 0.25) is 0 Å².